The molecular weight excluding hydrogens is 258 g/mol. The molecule has 1 aromatic rings. The Bertz CT molecular complexity index is 464. The molecule has 0 saturated heterocycles. The van der Waals surface area contributed by atoms with Crippen molar-refractivity contribution in [2.45, 2.75) is 53.5 Å². The van der Waals surface area contributed by atoms with Gasteiger partial charge in [0.1, 0.15) is 5.75 Å². The number of rotatable bonds is 7. The smallest absolute Gasteiger partial charge is 0.122 e. The zero-order chi connectivity index (χ0) is 15.7. The number of benzene rings is 1. The SMILES string of the molecule is CCCNC(Cc1ccccc1OC)C1C(C)(C)C1(C)C. The van der Waals surface area contributed by atoms with E-state index in [4.69, 9.17) is 4.74 Å². The fraction of sp³-hybridized carbons (Fsp3) is 0.684. The fourth-order valence-corrected chi connectivity index (χ4v) is 4.00. The van der Waals surface area contributed by atoms with Crippen LogP contribution in [0.1, 0.15) is 46.6 Å². The predicted molar refractivity (Wildman–Crippen MR) is 89.8 cm³/mol. The Kier molecular flexibility index (Phi) is 4.67. The molecule has 0 spiro atoms. The monoisotopic (exact) mass is 289 g/mol. The van der Waals surface area contributed by atoms with E-state index in [9.17, 15) is 0 Å². The van der Waals surface area contributed by atoms with Crippen LogP contribution in [0.3, 0.4) is 0 Å². The molecule has 2 heteroatoms. The molecule has 1 aromatic carbocycles. The van der Waals surface area contributed by atoms with E-state index in [0.29, 0.717) is 22.8 Å². The first-order valence-electron chi connectivity index (χ1n) is 8.21. The Morgan fingerprint density at radius 2 is 1.76 bits per heavy atom. The maximum Gasteiger partial charge on any atom is 0.122 e. The number of para-hydroxylation sites is 1. The lowest BCUT2D eigenvalue weighted by atomic mass is 9.96. The Hall–Kier alpha value is -1.02. The summed E-state index contributed by atoms with van der Waals surface area (Å²) in [4.78, 5) is 0. The van der Waals surface area contributed by atoms with Crippen molar-refractivity contribution in [3.05, 3.63) is 29.8 Å². The summed E-state index contributed by atoms with van der Waals surface area (Å²) in [5.41, 5.74) is 2.12. The van der Waals surface area contributed by atoms with Gasteiger partial charge in [0, 0.05) is 6.04 Å². The standard InChI is InChI=1S/C19H31NO/c1-7-12-20-15(17-18(2,3)19(17,4)5)13-14-10-8-9-11-16(14)21-6/h8-11,15,17,20H,7,12-13H2,1-6H3. The van der Waals surface area contributed by atoms with E-state index in [2.05, 4.69) is 58.1 Å². The number of methoxy groups -OCH3 is 1. The van der Waals surface area contributed by atoms with Crippen LogP contribution in [0.5, 0.6) is 5.75 Å². The van der Waals surface area contributed by atoms with Crippen molar-refractivity contribution >= 4 is 0 Å². The van der Waals surface area contributed by atoms with Gasteiger partial charge < -0.3 is 10.1 Å². The van der Waals surface area contributed by atoms with Crippen LogP contribution in [0.15, 0.2) is 24.3 Å². The Morgan fingerprint density at radius 1 is 1.14 bits per heavy atom. The van der Waals surface area contributed by atoms with Crippen molar-refractivity contribution in [3.8, 4) is 5.75 Å². The lowest BCUT2D eigenvalue weighted by Crippen LogP contribution is -2.36. The molecule has 0 heterocycles. The third kappa shape index (κ3) is 2.96. The highest BCUT2D eigenvalue weighted by molar-refractivity contribution is 5.34. The topological polar surface area (TPSA) is 21.3 Å². The van der Waals surface area contributed by atoms with Crippen LogP contribution in [0, 0.1) is 16.7 Å². The molecule has 1 saturated carbocycles. The van der Waals surface area contributed by atoms with Gasteiger partial charge in [0.25, 0.3) is 0 Å². The van der Waals surface area contributed by atoms with E-state index in [0.717, 1.165) is 18.7 Å². The minimum absolute atomic E-state index is 0.403. The Morgan fingerprint density at radius 3 is 2.29 bits per heavy atom. The van der Waals surface area contributed by atoms with Crippen molar-refractivity contribution in [1.82, 2.24) is 5.32 Å². The maximum atomic E-state index is 5.53. The highest BCUT2D eigenvalue weighted by Crippen LogP contribution is 2.69. The number of hydrogen-bond acceptors (Lipinski definition) is 2. The van der Waals surface area contributed by atoms with Gasteiger partial charge in [0.2, 0.25) is 0 Å². The molecule has 0 aliphatic heterocycles. The predicted octanol–water partition coefficient (Wildman–Crippen LogP) is 4.29. The van der Waals surface area contributed by atoms with Gasteiger partial charge in [-0.05, 0) is 47.8 Å². The van der Waals surface area contributed by atoms with E-state index in [1.807, 2.05) is 6.07 Å². The molecule has 0 radical (unpaired) electrons. The molecule has 21 heavy (non-hydrogen) atoms. The Balaban J connectivity index is 2.18. The van der Waals surface area contributed by atoms with Gasteiger partial charge >= 0.3 is 0 Å². The Labute approximate surface area is 130 Å². The van der Waals surface area contributed by atoms with E-state index in [1.54, 1.807) is 7.11 Å². The quantitative estimate of drug-likeness (QED) is 0.808. The van der Waals surface area contributed by atoms with E-state index in [1.165, 1.54) is 12.0 Å². The maximum absolute atomic E-state index is 5.53. The van der Waals surface area contributed by atoms with Crippen molar-refractivity contribution in [2.24, 2.45) is 16.7 Å². The van der Waals surface area contributed by atoms with Gasteiger partial charge in [0.15, 0.2) is 0 Å². The zero-order valence-corrected chi connectivity index (χ0v) is 14.5. The second-order valence-electron chi connectivity index (χ2n) is 7.50. The summed E-state index contributed by atoms with van der Waals surface area (Å²) >= 11 is 0. The average Bonchev–Trinajstić information content (AvgIpc) is 2.85. The van der Waals surface area contributed by atoms with Crippen LogP contribution in [0.2, 0.25) is 0 Å². The first kappa shape index (κ1) is 16.4. The van der Waals surface area contributed by atoms with Gasteiger partial charge in [-0.1, -0.05) is 52.8 Å². The minimum Gasteiger partial charge on any atom is -0.496 e. The average molecular weight is 289 g/mol. The van der Waals surface area contributed by atoms with Crippen LogP contribution in [0.25, 0.3) is 0 Å². The number of hydrogen-bond donors (Lipinski definition) is 1. The van der Waals surface area contributed by atoms with E-state index in [-0.39, 0.29) is 0 Å². The third-order valence-electron chi connectivity index (χ3n) is 5.82. The summed E-state index contributed by atoms with van der Waals surface area (Å²) in [6.45, 7) is 12.9. The molecule has 1 aliphatic rings. The molecule has 0 aromatic heterocycles. The zero-order valence-electron chi connectivity index (χ0n) is 14.5. The summed E-state index contributed by atoms with van der Waals surface area (Å²) in [5, 5.41) is 3.79. The molecule has 1 aliphatic carbocycles. The van der Waals surface area contributed by atoms with Gasteiger partial charge in [-0.3, -0.25) is 0 Å². The van der Waals surface area contributed by atoms with Crippen LogP contribution in [0.4, 0.5) is 0 Å². The summed E-state index contributed by atoms with van der Waals surface area (Å²) in [6.07, 6.45) is 2.22. The fourth-order valence-electron chi connectivity index (χ4n) is 4.00. The molecule has 0 bridgehead atoms. The lowest BCUT2D eigenvalue weighted by Gasteiger charge is -2.22. The second kappa shape index (κ2) is 6.00. The normalized spacial score (nSPS) is 21.0. The molecular formula is C19H31NO. The third-order valence-corrected chi connectivity index (χ3v) is 5.82. The van der Waals surface area contributed by atoms with Crippen molar-refractivity contribution < 1.29 is 4.74 Å². The first-order chi connectivity index (χ1) is 9.86. The van der Waals surface area contributed by atoms with Gasteiger partial charge in [0.05, 0.1) is 7.11 Å². The molecule has 118 valence electrons. The minimum atomic E-state index is 0.403. The van der Waals surface area contributed by atoms with Crippen molar-refractivity contribution in [3.63, 3.8) is 0 Å². The highest BCUT2D eigenvalue weighted by atomic mass is 16.5. The largest absolute Gasteiger partial charge is 0.496 e. The van der Waals surface area contributed by atoms with Crippen LogP contribution >= 0.6 is 0 Å². The molecule has 2 rings (SSSR count). The van der Waals surface area contributed by atoms with Crippen LogP contribution < -0.4 is 10.1 Å². The van der Waals surface area contributed by atoms with Gasteiger partial charge in [-0.2, -0.15) is 0 Å². The van der Waals surface area contributed by atoms with Crippen LogP contribution in [-0.4, -0.2) is 19.7 Å². The molecule has 1 atom stereocenters. The summed E-state index contributed by atoms with van der Waals surface area (Å²) < 4.78 is 5.53. The molecule has 0 amide bonds. The summed E-state index contributed by atoms with van der Waals surface area (Å²) in [7, 11) is 1.76. The molecule has 2 nitrogen and oxygen atoms in total. The van der Waals surface area contributed by atoms with E-state index < -0.39 is 0 Å². The summed E-state index contributed by atoms with van der Waals surface area (Å²) in [5.74, 6) is 1.72. The number of nitrogens with one attached hydrogen (secondary N) is 1. The van der Waals surface area contributed by atoms with Gasteiger partial charge in [-0.15, -0.1) is 0 Å². The lowest BCUT2D eigenvalue weighted by molar-refractivity contribution is 0.378. The van der Waals surface area contributed by atoms with Crippen molar-refractivity contribution in [2.75, 3.05) is 13.7 Å². The van der Waals surface area contributed by atoms with Crippen molar-refractivity contribution in [1.29, 1.82) is 0 Å². The number of ether oxygens (including phenoxy) is 1. The molecule has 1 unspecified atom stereocenters. The first-order valence-corrected chi connectivity index (χ1v) is 8.21. The molecule has 1 N–H and O–H groups in total. The van der Waals surface area contributed by atoms with Gasteiger partial charge in [-0.25, -0.2) is 0 Å². The summed E-state index contributed by atoms with van der Waals surface area (Å²) in [6, 6.07) is 8.93. The highest BCUT2D eigenvalue weighted by Gasteiger charge is 2.66. The second-order valence-corrected chi connectivity index (χ2v) is 7.50. The van der Waals surface area contributed by atoms with Crippen LogP contribution in [-0.2, 0) is 6.42 Å². The molecule has 1 fully saturated rings. The van der Waals surface area contributed by atoms with E-state index >= 15 is 0 Å².